The van der Waals surface area contributed by atoms with Crippen LogP contribution < -0.4 is 5.56 Å². The number of para-hydroxylation sites is 1. The first-order valence-corrected chi connectivity index (χ1v) is 9.51. The van der Waals surface area contributed by atoms with Crippen LogP contribution in [-0.2, 0) is 11.8 Å². The maximum atomic E-state index is 13.0. The zero-order valence-corrected chi connectivity index (χ0v) is 16.2. The Kier molecular flexibility index (Phi) is 6.59. The molecule has 0 spiro atoms. The van der Waals surface area contributed by atoms with Gasteiger partial charge in [-0.25, -0.2) is 0 Å². The fourth-order valence-electron chi connectivity index (χ4n) is 3.51. The van der Waals surface area contributed by atoms with Crippen LogP contribution in [0.2, 0.25) is 0 Å². The zero-order valence-electron chi connectivity index (χ0n) is 16.2. The van der Waals surface area contributed by atoms with Crippen LogP contribution >= 0.6 is 0 Å². The fraction of sp³-hybridized carbons (Fsp3) is 0.500. The number of ether oxygens (including phenoxy) is 1. The minimum atomic E-state index is -4.30. The van der Waals surface area contributed by atoms with E-state index < -0.39 is 12.8 Å². The van der Waals surface area contributed by atoms with Crippen LogP contribution in [0.4, 0.5) is 13.2 Å². The first kappa shape index (κ1) is 21.3. The SMILES string of the molecule is Cn1c(=O)cc(C(=O)N2CCN(CCCOCC(F)(F)F)CC2)c2ccccc21. The average Bonchev–Trinajstić information content (AvgIpc) is 2.69. The van der Waals surface area contributed by atoms with Gasteiger partial charge in [-0.05, 0) is 12.5 Å². The highest BCUT2D eigenvalue weighted by Crippen LogP contribution is 2.19. The lowest BCUT2D eigenvalue weighted by atomic mass is 10.1. The molecule has 2 aromatic rings. The Morgan fingerprint density at radius 2 is 1.83 bits per heavy atom. The van der Waals surface area contributed by atoms with E-state index in [1.165, 1.54) is 10.6 Å². The summed E-state index contributed by atoms with van der Waals surface area (Å²) in [5.74, 6) is -0.174. The zero-order chi connectivity index (χ0) is 21.0. The molecule has 0 N–H and O–H groups in total. The van der Waals surface area contributed by atoms with Gasteiger partial charge < -0.3 is 14.2 Å². The van der Waals surface area contributed by atoms with Crippen molar-refractivity contribution in [2.75, 3.05) is 45.9 Å². The molecule has 1 aliphatic rings. The summed E-state index contributed by atoms with van der Waals surface area (Å²) >= 11 is 0. The van der Waals surface area contributed by atoms with E-state index in [9.17, 15) is 22.8 Å². The van der Waals surface area contributed by atoms with E-state index in [4.69, 9.17) is 0 Å². The molecule has 3 rings (SSSR count). The lowest BCUT2D eigenvalue weighted by Crippen LogP contribution is -2.49. The van der Waals surface area contributed by atoms with Gasteiger partial charge in [-0.1, -0.05) is 18.2 Å². The van der Waals surface area contributed by atoms with Gasteiger partial charge in [0.25, 0.3) is 11.5 Å². The second-order valence-corrected chi connectivity index (χ2v) is 7.13. The van der Waals surface area contributed by atoms with Gasteiger partial charge >= 0.3 is 6.18 Å². The molecule has 9 heteroatoms. The van der Waals surface area contributed by atoms with Gasteiger partial charge in [-0.2, -0.15) is 13.2 Å². The minimum absolute atomic E-state index is 0.0535. The summed E-state index contributed by atoms with van der Waals surface area (Å²) in [5, 5.41) is 0.740. The Labute approximate surface area is 166 Å². The van der Waals surface area contributed by atoms with Gasteiger partial charge in [-0.3, -0.25) is 14.5 Å². The van der Waals surface area contributed by atoms with Crippen molar-refractivity contribution in [3.05, 3.63) is 46.2 Å². The first-order chi connectivity index (χ1) is 13.8. The van der Waals surface area contributed by atoms with Crippen molar-refractivity contribution in [2.45, 2.75) is 12.6 Å². The summed E-state index contributed by atoms with van der Waals surface area (Å²) in [6, 6.07) is 8.69. The van der Waals surface area contributed by atoms with Gasteiger partial charge in [0.1, 0.15) is 6.61 Å². The summed E-state index contributed by atoms with van der Waals surface area (Å²) < 4.78 is 42.3. The highest BCUT2D eigenvalue weighted by Gasteiger charge is 2.27. The molecule has 1 amide bonds. The number of aromatic nitrogens is 1. The van der Waals surface area contributed by atoms with Crippen molar-refractivity contribution in [3.63, 3.8) is 0 Å². The van der Waals surface area contributed by atoms with E-state index in [1.54, 1.807) is 11.9 Å². The van der Waals surface area contributed by atoms with Gasteiger partial charge in [0, 0.05) is 57.8 Å². The molecule has 1 aromatic carbocycles. The molecule has 1 saturated heterocycles. The predicted octanol–water partition coefficient (Wildman–Crippen LogP) is 2.27. The van der Waals surface area contributed by atoms with Gasteiger partial charge in [0.05, 0.1) is 11.1 Å². The molecule has 0 radical (unpaired) electrons. The fourth-order valence-corrected chi connectivity index (χ4v) is 3.51. The van der Waals surface area contributed by atoms with E-state index in [0.29, 0.717) is 50.2 Å². The molecule has 0 unspecified atom stereocenters. The maximum Gasteiger partial charge on any atom is 0.411 e. The van der Waals surface area contributed by atoms with Crippen LogP contribution in [0.5, 0.6) is 0 Å². The van der Waals surface area contributed by atoms with Crippen molar-refractivity contribution in [3.8, 4) is 0 Å². The van der Waals surface area contributed by atoms with E-state index >= 15 is 0 Å². The number of nitrogens with zero attached hydrogens (tertiary/aromatic N) is 3. The van der Waals surface area contributed by atoms with Crippen molar-refractivity contribution in [1.29, 1.82) is 0 Å². The number of carbonyl (C=O) groups excluding carboxylic acids is 1. The Bertz CT molecular complexity index is 919. The molecule has 0 atom stereocenters. The highest BCUT2D eigenvalue weighted by atomic mass is 19.4. The third-order valence-electron chi connectivity index (χ3n) is 5.07. The lowest BCUT2D eigenvalue weighted by Gasteiger charge is -2.35. The number of benzene rings is 1. The van der Waals surface area contributed by atoms with Crippen molar-refractivity contribution >= 4 is 16.8 Å². The summed E-state index contributed by atoms with van der Waals surface area (Å²) in [7, 11) is 1.68. The van der Waals surface area contributed by atoms with Crippen LogP contribution in [0.1, 0.15) is 16.8 Å². The number of alkyl halides is 3. The molecule has 0 saturated carbocycles. The molecule has 0 bridgehead atoms. The van der Waals surface area contributed by atoms with Crippen LogP contribution in [0, 0.1) is 0 Å². The van der Waals surface area contributed by atoms with Crippen LogP contribution in [-0.4, -0.2) is 72.4 Å². The van der Waals surface area contributed by atoms with Crippen molar-refractivity contribution in [2.24, 2.45) is 7.05 Å². The number of fused-ring (bicyclic) bond motifs is 1. The Morgan fingerprint density at radius 3 is 2.52 bits per heavy atom. The summed E-state index contributed by atoms with van der Waals surface area (Å²) in [6.45, 7) is 1.73. The van der Waals surface area contributed by atoms with Gasteiger partial charge in [-0.15, -0.1) is 0 Å². The van der Waals surface area contributed by atoms with Crippen LogP contribution in [0.15, 0.2) is 35.1 Å². The molecule has 6 nitrogen and oxygen atoms in total. The van der Waals surface area contributed by atoms with Crippen LogP contribution in [0.3, 0.4) is 0 Å². The number of rotatable bonds is 6. The predicted molar refractivity (Wildman–Crippen MR) is 103 cm³/mol. The number of carbonyl (C=O) groups is 1. The summed E-state index contributed by atoms with van der Waals surface area (Å²) in [5.41, 5.74) is 0.878. The monoisotopic (exact) mass is 411 g/mol. The third-order valence-corrected chi connectivity index (χ3v) is 5.07. The first-order valence-electron chi connectivity index (χ1n) is 9.51. The van der Waals surface area contributed by atoms with Crippen LogP contribution in [0.25, 0.3) is 10.9 Å². The smallest absolute Gasteiger partial charge is 0.372 e. The van der Waals surface area contributed by atoms with Crippen molar-refractivity contribution in [1.82, 2.24) is 14.4 Å². The number of hydrogen-bond acceptors (Lipinski definition) is 4. The number of halogens is 3. The number of piperazine rings is 1. The minimum Gasteiger partial charge on any atom is -0.372 e. The highest BCUT2D eigenvalue weighted by molar-refractivity contribution is 6.06. The average molecular weight is 411 g/mol. The van der Waals surface area contributed by atoms with Gasteiger partial charge in [0.2, 0.25) is 0 Å². The summed E-state index contributed by atoms with van der Waals surface area (Å²) in [4.78, 5) is 29.1. The second-order valence-electron chi connectivity index (χ2n) is 7.13. The number of amides is 1. The van der Waals surface area contributed by atoms with E-state index in [2.05, 4.69) is 9.64 Å². The third kappa shape index (κ3) is 5.36. The molecular weight excluding hydrogens is 387 g/mol. The molecule has 1 fully saturated rings. The second kappa shape index (κ2) is 8.96. The van der Waals surface area contributed by atoms with Crippen molar-refractivity contribution < 1.29 is 22.7 Å². The lowest BCUT2D eigenvalue weighted by molar-refractivity contribution is -0.174. The molecule has 158 valence electrons. The quantitative estimate of drug-likeness (QED) is 0.685. The molecular formula is C20H24F3N3O3. The molecule has 1 aliphatic heterocycles. The molecule has 1 aromatic heterocycles. The molecule has 29 heavy (non-hydrogen) atoms. The van der Waals surface area contributed by atoms with Gasteiger partial charge in [0.15, 0.2) is 0 Å². The molecule has 0 aliphatic carbocycles. The largest absolute Gasteiger partial charge is 0.411 e. The number of aryl methyl sites for hydroxylation is 1. The summed E-state index contributed by atoms with van der Waals surface area (Å²) in [6.07, 6.45) is -3.79. The Hall–Kier alpha value is -2.39. The maximum absolute atomic E-state index is 13.0. The van der Waals surface area contributed by atoms with E-state index in [-0.39, 0.29) is 18.1 Å². The normalized spacial score (nSPS) is 15.8. The van der Waals surface area contributed by atoms with E-state index in [1.807, 2.05) is 24.3 Å². The Morgan fingerprint density at radius 1 is 1.14 bits per heavy atom. The topological polar surface area (TPSA) is 54.8 Å². The van der Waals surface area contributed by atoms with E-state index in [0.717, 1.165) is 5.39 Å². The number of hydrogen-bond donors (Lipinski definition) is 0. The standard InChI is InChI=1S/C20H24F3N3O3/c1-24-17-6-3-2-5-15(17)16(13-18(24)27)19(28)26-10-8-25(9-11-26)7-4-12-29-14-20(21,22)23/h2-3,5-6,13H,4,7-12,14H2,1H3. The Balaban J connectivity index is 1.55. The molecule has 2 heterocycles. The number of pyridine rings is 1.